The van der Waals surface area contributed by atoms with Crippen molar-refractivity contribution in [3.05, 3.63) is 64.4 Å². The zero-order chi connectivity index (χ0) is 18.1. The van der Waals surface area contributed by atoms with E-state index < -0.39 is 5.91 Å². The molecule has 6 nitrogen and oxygen atoms in total. The molecule has 1 saturated heterocycles. The van der Waals surface area contributed by atoms with Crippen molar-refractivity contribution in [2.75, 3.05) is 23.3 Å². The Hall–Kier alpha value is -3.15. The predicted molar refractivity (Wildman–Crippen MR) is 103 cm³/mol. The first-order chi connectivity index (χ1) is 12.6. The number of amides is 1. The number of benzene rings is 2. The molecular formula is C20H20N4O2. The number of hydrogen-bond donors (Lipinski definition) is 1. The molecule has 4 rings (SSSR count). The molecule has 1 aromatic heterocycles. The van der Waals surface area contributed by atoms with Crippen LogP contribution in [0.1, 0.15) is 23.3 Å². The second-order valence-electron chi connectivity index (χ2n) is 6.48. The van der Waals surface area contributed by atoms with Gasteiger partial charge in [-0.2, -0.15) is 5.10 Å². The average molecular weight is 348 g/mol. The number of anilines is 2. The SMILES string of the molecule is Cn1nc(C(=O)Nc2ccccc2N2CCCC2)c(=O)c2ccccc21. The minimum Gasteiger partial charge on any atom is -0.370 e. The van der Waals surface area contributed by atoms with E-state index in [1.165, 1.54) is 0 Å². The lowest BCUT2D eigenvalue weighted by Gasteiger charge is -2.21. The largest absolute Gasteiger partial charge is 0.370 e. The number of carbonyl (C=O) groups excluding carboxylic acids is 1. The average Bonchev–Trinajstić information content (AvgIpc) is 3.19. The third kappa shape index (κ3) is 2.83. The van der Waals surface area contributed by atoms with Gasteiger partial charge in [-0.05, 0) is 37.1 Å². The van der Waals surface area contributed by atoms with Crippen LogP contribution in [-0.2, 0) is 7.05 Å². The van der Waals surface area contributed by atoms with Gasteiger partial charge in [0.25, 0.3) is 5.91 Å². The van der Waals surface area contributed by atoms with Crippen molar-refractivity contribution in [2.45, 2.75) is 12.8 Å². The third-order valence-electron chi connectivity index (χ3n) is 4.78. The molecule has 6 heteroatoms. The summed E-state index contributed by atoms with van der Waals surface area (Å²) in [4.78, 5) is 27.8. The highest BCUT2D eigenvalue weighted by Gasteiger charge is 2.20. The fraction of sp³-hybridized carbons (Fsp3) is 0.250. The van der Waals surface area contributed by atoms with Crippen LogP contribution < -0.4 is 15.6 Å². The molecule has 0 spiro atoms. The molecule has 0 bridgehead atoms. The van der Waals surface area contributed by atoms with Crippen molar-refractivity contribution in [2.24, 2.45) is 7.05 Å². The number of aryl methyl sites for hydroxylation is 1. The maximum absolute atomic E-state index is 12.8. The highest BCUT2D eigenvalue weighted by Crippen LogP contribution is 2.28. The number of nitrogens with zero attached hydrogens (tertiary/aromatic N) is 3. The number of hydrogen-bond acceptors (Lipinski definition) is 4. The number of aromatic nitrogens is 2. The summed E-state index contributed by atoms with van der Waals surface area (Å²) in [7, 11) is 1.73. The molecule has 3 aromatic rings. The van der Waals surface area contributed by atoms with Crippen LogP contribution in [0.4, 0.5) is 11.4 Å². The van der Waals surface area contributed by atoms with E-state index in [-0.39, 0.29) is 11.1 Å². The van der Waals surface area contributed by atoms with E-state index in [4.69, 9.17) is 0 Å². The Morgan fingerprint density at radius 2 is 1.73 bits per heavy atom. The summed E-state index contributed by atoms with van der Waals surface area (Å²) < 4.78 is 1.57. The van der Waals surface area contributed by atoms with Gasteiger partial charge in [0.2, 0.25) is 5.43 Å². The monoisotopic (exact) mass is 348 g/mol. The van der Waals surface area contributed by atoms with Gasteiger partial charge >= 0.3 is 0 Å². The summed E-state index contributed by atoms with van der Waals surface area (Å²) in [5.74, 6) is -0.483. The van der Waals surface area contributed by atoms with Crippen LogP contribution in [0.5, 0.6) is 0 Å². The van der Waals surface area contributed by atoms with Gasteiger partial charge in [-0.3, -0.25) is 14.3 Å². The van der Waals surface area contributed by atoms with Gasteiger partial charge in [-0.25, -0.2) is 0 Å². The summed E-state index contributed by atoms with van der Waals surface area (Å²) in [6.07, 6.45) is 2.30. The van der Waals surface area contributed by atoms with E-state index in [0.717, 1.165) is 31.6 Å². The molecule has 1 aliphatic heterocycles. The molecule has 0 unspecified atom stereocenters. The zero-order valence-electron chi connectivity index (χ0n) is 14.6. The summed E-state index contributed by atoms with van der Waals surface area (Å²) in [5, 5.41) is 7.57. The van der Waals surface area contributed by atoms with Crippen LogP contribution in [0.3, 0.4) is 0 Å². The van der Waals surface area contributed by atoms with Gasteiger partial charge < -0.3 is 10.2 Å². The van der Waals surface area contributed by atoms with Crippen LogP contribution in [0.15, 0.2) is 53.3 Å². The van der Waals surface area contributed by atoms with Crippen molar-refractivity contribution < 1.29 is 4.79 Å². The predicted octanol–water partition coefficient (Wildman–Crippen LogP) is 2.79. The second kappa shape index (κ2) is 6.63. The molecule has 0 radical (unpaired) electrons. The van der Waals surface area contributed by atoms with Crippen molar-refractivity contribution >= 4 is 28.2 Å². The highest BCUT2D eigenvalue weighted by molar-refractivity contribution is 6.05. The van der Waals surface area contributed by atoms with Crippen molar-refractivity contribution in [1.29, 1.82) is 0 Å². The standard InChI is InChI=1S/C20H20N4O2/c1-23-16-10-4-2-8-14(16)19(25)18(22-23)20(26)21-15-9-3-5-11-17(15)24-12-6-7-13-24/h2-5,8-11H,6-7,12-13H2,1H3,(H,21,26). The van der Waals surface area contributed by atoms with Gasteiger partial charge in [0.15, 0.2) is 5.69 Å². The fourth-order valence-corrected chi connectivity index (χ4v) is 3.47. The first-order valence-corrected chi connectivity index (χ1v) is 8.76. The van der Waals surface area contributed by atoms with Crippen LogP contribution >= 0.6 is 0 Å². The normalized spacial score (nSPS) is 14.0. The molecule has 26 heavy (non-hydrogen) atoms. The minimum atomic E-state index is -0.483. The van der Waals surface area contributed by atoms with Gasteiger partial charge in [0, 0.05) is 25.5 Å². The van der Waals surface area contributed by atoms with E-state index >= 15 is 0 Å². The minimum absolute atomic E-state index is 0.0950. The lowest BCUT2D eigenvalue weighted by atomic mass is 10.2. The van der Waals surface area contributed by atoms with Gasteiger partial charge in [-0.1, -0.05) is 24.3 Å². The third-order valence-corrected chi connectivity index (χ3v) is 4.78. The topological polar surface area (TPSA) is 67.2 Å². The Bertz CT molecular complexity index is 1040. The molecule has 132 valence electrons. The second-order valence-corrected chi connectivity index (χ2v) is 6.48. The molecular weight excluding hydrogens is 328 g/mol. The van der Waals surface area contributed by atoms with Crippen molar-refractivity contribution in [3.8, 4) is 0 Å². The molecule has 2 heterocycles. The Kier molecular flexibility index (Phi) is 4.16. The van der Waals surface area contributed by atoms with E-state index in [9.17, 15) is 9.59 Å². The Balaban J connectivity index is 1.71. The molecule has 1 N–H and O–H groups in total. The van der Waals surface area contributed by atoms with Crippen LogP contribution in [-0.4, -0.2) is 28.8 Å². The first-order valence-electron chi connectivity index (χ1n) is 8.76. The number of rotatable bonds is 3. The number of nitrogens with one attached hydrogen (secondary N) is 1. The van der Waals surface area contributed by atoms with E-state index in [2.05, 4.69) is 15.3 Å². The molecule has 1 amide bonds. The molecule has 1 aliphatic rings. The van der Waals surface area contributed by atoms with Crippen LogP contribution in [0, 0.1) is 0 Å². The smallest absolute Gasteiger partial charge is 0.280 e. The van der Waals surface area contributed by atoms with E-state index in [0.29, 0.717) is 16.6 Å². The van der Waals surface area contributed by atoms with Crippen LogP contribution in [0.25, 0.3) is 10.9 Å². The summed E-state index contributed by atoms with van der Waals surface area (Å²) >= 11 is 0. The van der Waals surface area contributed by atoms with E-state index in [1.807, 2.05) is 36.4 Å². The van der Waals surface area contributed by atoms with Gasteiger partial charge in [0.1, 0.15) is 0 Å². The first kappa shape index (κ1) is 16.3. The van der Waals surface area contributed by atoms with Crippen LogP contribution in [0.2, 0.25) is 0 Å². The Morgan fingerprint density at radius 3 is 2.54 bits per heavy atom. The van der Waals surface area contributed by atoms with Gasteiger partial charge in [0.05, 0.1) is 16.9 Å². The summed E-state index contributed by atoms with van der Waals surface area (Å²) in [6.45, 7) is 1.95. The van der Waals surface area contributed by atoms with E-state index in [1.54, 1.807) is 23.9 Å². The maximum Gasteiger partial charge on any atom is 0.280 e. The van der Waals surface area contributed by atoms with Crippen molar-refractivity contribution in [1.82, 2.24) is 9.78 Å². The molecule has 1 fully saturated rings. The quantitative estimate of drug-likeness (QED) is 0.790. The molecule has 0 aliphatic carbocycles. The summed E-state index contributed by atoms with van der Waals surface area (Å²) in [5.41, 5.74) is 1.94. The number of fused-ring (bicyclic) bond motifs is 1. The zero-order valence-corrected chi connectivity index (χ0v) is 14.6. The lowest BCUT2D eigenvalue weighted by molar-refractivity contribution is 0.101. The molecule has 0 atom stereocenters. The molecule has 2 aromatic carbocycles. The summed E-state index contributed by atoms with van der Waals surface area (Å²) in [6, 6.07) is 14.8. The Morgan fingerprint density at radius 1 is 1.04 bits per heavy atom. The Labute approximate surface area is 151 Å². The maximum atomic E-state index is 12.8. The van der Waals surface area contributed by atoms with Crippen molar-refractivity contribution in [3.63, 3.8) is 0 Å². The fourth-order valence-electron chi connectivity index (χ4n) is 3.47. The molecule has 0 saturated carbocycles. The lowest BCUT2D eigenvalue weighted by Crippen LogP contribution is -2.27. The number of para-hydroxylation sites is 3. The highest BCUT2D eigenvalue weighted by atomic mass is 16.2. The van der Waals surface area contributed by atoms with Gasteiger partial charge in [-0.15, -0.1) is 0 Å². The number of carbonyl (C=O) groups is 1.